The normalized spacial score (nSPS) is 19.3. The molecule has 0 unspecified atom stereocenters. The van der Waals surface area contributed by atoms with Crippen LogP contribution in [0.25, 0.3) is 0 Å². The fourth-order valence-corrected chi connectivity index (χ4v) is 3.43. The Labute approximate surface area is 123 Å². The average molecular weight is 311 g/mol. The molecule has 6 nitrogen and oxygen atoms in total. The van der Waals surface area contributed by atoms with E-state index >= 15 is 0 Å². The van der Waals surface area contributed by atoms with Gasteiger partial charge in [-0.15, -0.1) is 0 Å². The van der Waals surface area contributed by atoms with E-state index in [-0.39, 0.29) is 10.5 Å². The minimum atomic E-state index is -3.55. The molecule has 1 aliphatic rings. The maximum absolute atomic E-state index is 12.6. The number of sulfone groups is 1. The zero-order valence-electron chi connectivity index (χ0n) is 11.7. The number of hydrogen-bond donors (Lipinski definition) is 1. The highest BCUT2D eigenvalue weighted by atomic mass is 32.2. The Morgan fingerprint density at radius 3 is 2.52 bits per heavy atom. The molecule has 7 heteroatoms. The predicted molar refractivity (Wildman–Crippen MR) is 75.9 cm³/mol. The van der Waals surface area contributed by atoms with Crippen LogP contribution >= 0.6 is 0 Å². The first-order chi connectivity index (χ1) is 9.82. The van der Waals surface area contributed by atoms with E-state index in [1.54, 1.807) is 6.07 Å². The van der Waals surface area contributed by atoms with Gasteiger partial charge in [-0.2, -0.15) is 0 Å². The van der Waals surface area contributed by atoms with Crippen LogP contribution in [0.15, 0.2) is 29.2 Å². The Balaban J connectivity index is 2.42. The molecule has 0 bridgehead atoms. The average Bonchev–Trinajstić information content (AvgIpc) is 2.45. The lowest BCUT2D eigenvalue weighted by molar-refractivity contribution is -0.143. The molecule has 0 spiro atoms. The molecule has 1 aliphatic heterocycles. The third-order valence-electron chi connectivity index (χ3n) is 3.57. The second kappa shape index (κ2) is 5.85. The number of rotatable bonds is 3. The van der Waals surface area contributed by atoms with Crippen LogP contribution in [0.2, 0.25) is 0 Å². The fourth-order valence-electron chi connectivity index (χ4n) is 2.55. The van der Waals surface area contributed by atoms with Crippen molar-refractivity contribution in [3.05, 3.63) is 29.8 Å². The first kappa shape index (κ1) is 15.5. The van der Waals surface area contributed by atoms with Crippen molar-refractivity contribution in [3.8, 4) is 0 Å². The van der Waals surface area contributed by atoms with Gasteiger partial charge in [0.05, 0.1) is 10.5 Å². The number of likely N-dealkylation sites (tertiary alicyclic amines) is 1. The Morgan fingerprint density at radius 1 is 1.24 bits per heavy atom. The van der Waals surface area contributed by atoms with E-state index < -0.39 is 27.8 Å². The maximum atomic E-state index is 12.6. The predicted octanol–water partition coefficient (Wildman–Crippen LogP) is 1.17. The molecule has 1 aromatic carbocycles. The zero-order valence-corrected chi connectivity index (χ0v) is 12.5. The minimum absolute atomic E-state index is 0.0353. The molecule has 1 amide bonds. The van der Waals surface area contributed by atoms with E-state index in [2.05, 4.69) is 0 Å². The van der Waals surface area contributed by atoms with E-state index in [9.17, 15) is 23.1 Å². The largest absolute Gasteiger partial charge is 0.480 e. The van der Waals surface area contributed by atoms with Gasteiger partial charge in [-0.05, 0) is 31.4 Å². The van der Waals surface area contributed by atoms with E-state index in [0.717, 1.165) is 19.1 Å². The molecular weight excluding hydrogens is 294 g/mol. The quantitative estimate of drug-likeness (QED) is 0.904. The Hall–Kier alpha value is -1.89. The summed E-state index contributed by atoms with van der Waals surface area (Å²) < 4.78 is 23.5. The van der Waals surface area contributed by atoms with Crippen LogP contribution in [-0.4, -0.2) is 49.1 Å². The van der Waals surface area contributed by atoms with E-state index in [0.29, 0.717) is 13.0 Å². The summed E-state index contributed by atoms with van der Waals surface area (Å²) in [7, 11) is -3.55. The number of carboxylic acids is 1. The lowest BCUT2D eigenvalue weighted by Crippen LogP contribution is -2.48. The molecule has 0 aromatic heterocycles. The van der Waals surface area contributed by atoms with Crippen LogP contribution in [-0.2, 0) is 14.6 Å². The Kier molecular flexibility index (Phi) is 4.32. The van der Waals surface area contributed by atoms with Gasteiger partial charge in [0.2, 0.25) is 0 Å². The fraction of sp³-hybridized carbons (Fsp3) is 0.429. The highest BCUT2D eigenvalue weighted by Crippen LogP contribution is 2.23. The number of carbonyl (C=O) groups excluding carboxylic acids is 1. The van der Waals surface area contributed by atoms with Crippen LogP contribution in [0.3, 0.4) is 0 Å². The van der Waals surface area contributed by atoms with Gasteiger partial charge in [-0.3, -0.25) is 4.79 Å². The third kappa shape index (κ3) is 3.24. The number of aliphatic carboxylic acids is 1. The molecule has 1 fully saturated rings. The van der Waals surface area contributed by atoms with Gasteiger partial charge in [-0.25, -0.2) is 13.2 Å². The van der Waals surface area contributed by atoms with E-state index in [4.69, 9.17) is 0 Å². The van der Waals surface area contributed by atoms with Crippen LogP contribution in [0.1, 0.15) is 29.6 Å². The highest BCUT2D eigenvalue weighted by molar-refractivity contribution is 7.90. The van der Waals surface area contributed by atoms with Gasteiger partial charge >= 0.3 is 5.97 Å². The van der Waals surface area contributed by atoms with E-state index in [1.165, 1.54) is 23.1 Å². The number of hydrogen-bond acceptors (Lipinski definition) is 4. The molecule has 1 atom stereocenters. The molecule has 0 aliphatic carbocycles. The minimum Gasteiger partial charge on any atom is -0.480 e. The van der Waals surface area contributed by atoms with Crippen LogP contribution in [0, 0.1) is 0 Å². The van der Waals surface area contributed by atoms with Crippen molar-refractivity contribution >= 4 is 21.7 Å². The molecule has 0 saturated carbocycles. The molecule has 1 saturated heterocycles. The van der Waals surface area contributed by atoms with Crippen LogP contribution in [0.5, 0.6) is 0 Å². The monoisotopic (exact) mass is 311 g/mol. The van der Waals surface area contributed by atoms with E-state index in [1.807, 2.05) is 0 Å². The second-order valence-electron chi connectivity index (χ2n) is 5.12. The van der Waals surface area contributed by atoms with Gasteiger partial charge in [0.1, 0.15) is 6.04 Å². The summed E-state index contributed by atoms with van der Waals surface area (Å²) in [6.45, 7) is 0.327. The van der Waals surface area contributed by atoms with Crippen molar-refractivity contribution in [1.29, 1.82) is 0 Å². The van der Waals surface area contributed by atoms with Crippen molar-refractivity contribution in [3.63, 3.8) is 0 Å². The number of carbonyl (C=O) groups is 2. The Morgan fingerprint density at radius 2 is 1.90 bits per heavy atom. The summed E-state index contributed by atoms with van der Waals surface area (Å²) in [4.78, 5) is 25.0. The molecule has 2 rings (SSSR count). The van der Waals surface area contributed by atoms with Crippen molar-refractivity contribution in [2.24, 2.45) is 0 Å². The number of benzene rings is 1. The summed E-state index contributed by atoms with van der Waals surface area (Å²) in [6.07, 6.45) is 2.89. The van der Waals surface area contributed by atoms with Crippen LogP contribution in [0.4, 0.5) is 0 Å². The summed E-state index contributed by atoms with van der Waals surface area (Å²) in [5.41, 5.74) is 0.0353. The zero-order chi connectivity index (χ0) is 15.6. The second-order valence-corrected chi connectivity index (χ2v) is 7.10. The van der Waals surface area contributed by atoms with Crippen molar-refractivity contribution in [2.45, 2.75) is 30.2 Å². The lowest BCUT2D eigenvalue weighted by Gasteiger charge is -2.33. The maximum Gasteiger partial charge on any atom is 0.326 e. The number of amides is 1. The van der Waals surface area contributed by atoms with Crippen molar-refractivity contribution in [2.75, 3.05) is 12.8 Å². The van der Waals surface area contributed by atoms with Gasteiger partial charge in [-0.1, -0.05) is 12.1 Å². The SMILES string of the molecule is CS(=O)(=O)c1ccccc1C(=O)N1CCCC[C@H]1C(=O)O. The number of carboxylic acid groups (broad SMARTS) is 1. The molecule has 114 valence electrons. The highest BCUT2D eigenvalue weighted by Gasteiger charge is 2.34. The Bertz CT molecular complexity index is 668. The summed E-state index contributed by atoms with van der Waals surface area (Å²) in [5.74, 6) is -1.59. The molecule has 0 radical (unpaired) electrons. The molecule has 1 heterocycles. The lowest BCUT2D eigenvalue weighted by atomic mass is 10.0. The van der Waals surface area contributed by atoms with Gasteiger partial charge < -0.3 is 10.0 Å². The number of nitrogens with zero attached hydrogens (tertiary/aromatic N) is 1. The first-order valence-electron chi connectivity index (χ1n) is 6.65. The van der Waals surface area contributed by atoms with Crippen LogP contribution < -0.4 is 0 Å². The molecule has 21 heavy (non-hydrogen) atoms. The van der Waals surface area contributed by atoms with Gasteiger partial charge in [0, 0.05) is 12.8 Å². The molecule has 1 aromatic rings. The first-order valence-corrected chi connectivity index (χ1v) is 8.54. The third-order valence-corrected chi connectivity index (χ3v) is 4.72. The van der Waals surface area contributed by atoms with Gasteiger partial charge in [0.15, 0.2) is 9.84 Å². The summed E-state index contributed by atoms with van der Waals surface area (Å²) >= 11 is 0. The van der Waals surface area contributed by atoms with Gasteiger partial charge in [0.25, 0.3) is 5.91 Å². The molecular formula is C14H17NO5S. The molecule has 1 N–H and O–H groups in total. The summed E-state index contributed by atoms with van der Waals surface area (Å²) in [6, 6.07) is 5.01. The number of piperidine rings is 1. The standard InChI is InChI=1S/C14H17NO5S/c1-21(19,20)12-8-3-2-6-10(12)13(16)15-9-5-4-7-11(15)14(17)18/h2-3,6,8,11H,4-5,7,9H2,1H3,(H,17,18)/t11-/m0/s1. The smallest absolute Gasteiger partial charge is 0.326 e. The van der Waals surface area contributed by atoms with Crippen molar-refractivity contribution in [1.82, 2.24) is 4.90 Å². The topological polar surface area (TPSA) is 91.8 Å². The van der Waals surface area contributed by atoms with Crippen molar-refractivity contribution < 1.29 is 23.1 Å². The summed E-state index contributed by atoms with van der Waals surface area (Å²) in [5, 5.41) is 9.22.